The van der Waals surface area contributed by atoms with Crippen molar-refractivity contribution in [2.45, 2.75) is 31.3 Å². The van der Waals surface area contributed by atoms with Gasteiger partial charge in [0, 0.05) is 61.1 Å². The van der Waals surface area contributed by atoms with Crippen LogP contribution in [0.1, 0.15) is 19.3 Å². The quantitative estimate of drug-likeness (QED) is 0.609. The van der Waals surface area contributed by atoms with Crippen LogP contribution in [0.3, 0.4) is 0 Å². The van der Waals surface area contributed by atoms with Gasteiger partial charge in [0.15, 0.2) is 0 Å². The van der Waals surface area contributed by atoms with Crippen LogP contribution in [0.5, 0.6) is 0 Å². The minimum absolute atomic E-state index is 0.776. The predicted molar refractivity (Wildman–Crippen MR) is 67.7 cm³/mol. The molecule has 82 valence electrons. The summed E-state index contributed by atoms with van der Waals surface area (Å²) in [5.41, 5.74) is 0. The summed E-state index contributed by atoms with van der Waals surface area (Å²) in [6, 6.07) is 1.63. The number of nitrogens with one attached hydrogen (secondary N) is 1. The summed E-state index contributed by atoms with van der Waals surface area (Å²) < 4.78 is 2.40. The molecule has 0 aromatic carbocycles. The minimum atomic E-state index is 0.776. The summed E-state index contributed by atoms with van der Waals surface area (Å²) in [5, 5.41) is 3.40. The Labute approximate surface area is 101 Å². The van der Waals surface area contributed by atoms with E-state index in [9.17, 15) is 0 Å². The van der Waals surface area contributed by atoms with Crippen molar-refractivity contribution < 1.29 is 0 Å². The monoisotopic (exact) mass is 309 g/mol. The van der Waals surface area contributed by atoms with Crippen LogP contribution < -0.4 is 5.32 Å². The van der Waals surface area contributed by atoms with E-state index >= 15 is 0 Å². The van der Waals surface area contributed by atoms with Gasteiger partial charge in [0.2, 0.25) is 0 Å². The smallest absolute Gasteiger partial charge is 0.0209 e. The molecule has 2 fully saturated rings. The molecule has 1 aliphatic carbocycles. The second-order valence-corrected chi connectivity index (χ2v) is 5.76. The van der Waals surface area contributed by atoms with Gasteiger partial charge >= 0.3 is 0 Å². The van der Waals surface area contributed by atoms with E-state index in [1.54, 1.807) is 0 Å². The molecule has 1 aliphatic heterocycles. The van der Waals surface area contributed by atoms with Crippen LogP contribution in [0.4, 0.5) is 0 Å². The van der Waals surface area contributed by atoms with Crippen molar-refractivity contribution in [3.8, 4) is 0 Å². The van der Waals surface area contributed by atoms with Gasteiger partial charge in [-0.15, -0.1) is 0 Å². The molecule has 2 aliphatic rings. The van der Waals surface area contributed by atoms with Crippen LogP contribution >= 0.6 is 22.9 Å². The molecule has 0 spiro atoms. The standard InChI is InChI=1S/C10H20IN3/c1-12-9-2-3-10(8-9)13-4-6-14(11)7-5-13/h9-10,12H,2-8H2,1H3/t9-,10+/m0/s1. The zero-order chi connectivity index (χ0) is 9.97. The van der Waals surface area contributed by atoms with Crippen molar-refractivity contribution in [1.29, 1.82) is 0 Å². The number of piperazine rings is 1. The van der Waals surface area contributed by atoms with Gasteiger partial charge in [0.25, 0.3) is 0 Å². The summed E-state index contributed by atoms with van der Waals surface area (Å²) in [7, 11) is 2.09. The van der Waals surface area contributed by atoms with Crippen molar-refractivity contribution in [1.82, 2.24) is 13.3 Å². The summed E-state index contributed by atoms with van der Waals surface area (Å²) in [4.78, 5) is 2.69. The molecule has 0 amide bonds. The Morgan fingerprint density at radius 2 is 1.86 bits per heavy atom. The summed E-state index contributed by atoms with van der Waals surface area (Å²) >= 11 is 2.44. The van der Waals surface area contributed by atoms with Crippen LogP contribution in [-0.2, 0) is 0 Å². The number of hydrogen-bond acceptors (Lipinski definition) is 3. The average molecular weight is 309 g/mol. The van der Waals surface area contributed by atoms with Crippen molar-refractivity contribution in [2.24, 2.45) is 0 Å². The van der Waals surface area contributed by atoms with E-state index in [1.807, 2.05) is 0 Å². The van der Waals surface area contributed by atoms with E-state index < -0.39 is 0 Å². The molecule has 1 saturated heterocycles. The molecule has 4 heteroatoms. The summed E-state index contributed by atoms with van der Waals surface area (Å²) in [6.45, 7) is 5.01. The second-order valence-electron chi connectivity index (χ2n) is 4.40. The first kappa shape index (κ1) is 11.1. The van der Waals surface area contributed by atoms with Crippen molar-refractivity contribution in [3.63, 3.8) is 0 Å². The third-order valence-corrected chi connectivity index (χ3v) is 4.55. The van der Waals surface area contributed by atoms with Crippen LogP contribution in [0.2, 0.25) is 0 Å². The molecule has 2 atom stereocenters. The third kappa shape index (κ3) is 2.59. The molecule has 1 N–H and O–H groups in total. The molecular formula is C10H20IN3. The second kappa shape index (κ2) is 5.09. The maximum atomic E-state index is 3.40. The molecule has 2 rings (SSSR count). The Morgan fingerprint density at radius 3 is 2.43 bits per heavy atom. The Bertz CT molecular complexity index is 180. The van der Waals surface area contributed by atoms with E-state index in [1.165, 1.54) is 45.4 Å². The van der Waals surface area contributed by atoms with Gasteiger partial charge in [-0.2, -0.15) is 0 Å². The lowest BCUT2D eigenvalue weighted by Crippen LogP contribution is -2.46. The number of rotatable bonds is 2. The van der Waals surface area contributed by atoms with Gasteiger partial charge in [-0.3, -0.25) is 4.90 Å². The van der Waals surface area contributed by atoms with E-state index in [2.05, 4.69) is 43.2 Å². The lowest BCUT2D eigenvalue weighted by atomic mass is 10.2. The minimum Gasteiger partial charge on any atom is -0.317 e. The van der Waals surface area contributed by atoms with E-state index in [4.69, 9.17) is 0 Å². The highest BCUT2D eigenvalue weighted by molar-refractivity contribution is 14.1. The highest BCUT2D eigenvalue weighted by Gasteiger charge is 2.29. The lowest BCUT2D eigenvalue weighted by molar-refractivity contribution is 0.149. The highest BCUT2D eigenvalue weighted by atomic mass is 127. The normalized spacial score (nSPS) is 36.4. The first-order chi connectivity index (χ1) is 6.79. The number of hydrogen-bond donors (Lipinski definition) is 1. The van der Waals surface area contributed by atoms with Gasteiger partial charge in [-0.1, -0.05) is 0 Å². The van der Waals surface area contributed by atoms with Gasteiger partial charge in [-0.25, -0.2) is 3.11 Å². The molecule has 0 bridgehead atoms. The van der Waals surface area contributed by atoms with Gasteiger partial charge < -0.3 is 5.32 Å². The zero-order valence-corrected chi connectivity index (χ0v) is 11.0. The SMILES string of the molecule is CN[C@H]1CC[C@@H](N2CCN(I)CC2)C1. The molecule has 0 unspecified atom stereocenters. The van der Waals surface area contributed by atoms with Crippen molar-refractivity contribution in [2.75, 3.05) is 33.2 Å². The maximum absolute atomic E-state index is 3.40. The van der Waals surface area contributed by atoms with E-state index in [0.29, 0.717) is 0 Å². The summed E-state index contributed by atoms with van der Waals surface area (Å²) in [5.74, 6) is 0. The molecule has 0 radical (unpaired) electrons. The largest absolute Gasteiger partial charge is 0.317 e. The third-order valence-electron chi connectivity index (χ3n) is 3.59. The fourth-order valence-corrected chi connectivity index (χ4v) is 3.05. The van der Waals surface area contributed by atoms with Gasteiger partial charge in [-0.05, 0) is 26.3 Å². The zero-order valence-electron chi connectivity index (χ0n) is 8.88. The number of nitrogens with zero attached hydrogens (tertiary/aromatic N) is 2. The van der Waals surface area contributed by atoms with Crippen LogP contribution in [0, 0.1) is 0 Å². The number of halogens is 1. The Hall–Kier alpha value is 0.610. The first-order valence-electron chi connectivity index (χ1n) is 5.61. The molecule has 0 aromatic rings. The molecular weight excluding hydrogens is 289 g/mol. The van der Waals surface area contributed by atoms with E-state index in [-0.39, 0.29) is 0 Å². The highest BCUT2D eigenvalue weighted by Crippen LogP contribution is 2.25. The predicted octanol–water partition coefficient (Wildman–Crippen LogP) is 1.09. The topological polar surface area (TPSA) is 18.5 Å². The van der Waals surface area contributed by atoms with Gasteiger partial charge in [0.1, 0.15) is 0 Å². The summed E-state index contributed by atoms with van der Waals surface area (Å²) in [6.07, 6.45) is 4.12. The fourth-order valence-electron chi connectivity index (χ4n) is 2.61. The average Bonchev–Trinajstić information content (AvgIpc) is 2.67. The first-order valence-corrected chi connectivity index (χ1v) is 6.58. The fraction of sp³-hybridized carbons (Fsp3) is 1.00. The van der Waals surface area contributed by atoms with Gasteiger partial charge in [0.05, 0.1) is 0 Å². The Balaban J connectivity index is 1.79. The van der Waals surface area contributed by atoms with Crippen LogP contribution in [0.25, 0.3) is 0 Å². The van der Waals surface area contributed by atoms with E-state index in [0.717, 1.165) is 12.1 Å². The lowest BCUT2D eigenvalue weighted by Gasteiger charge is -2.35. The maximum Gasteiger partial charge on any atom is 0.0209 e. The molecule has 1 heterocycles. The molecule has 3 nitrogen and oxygen atoms in total. The Morgan fingerprint density at radius 1 is 1.14 bits per heavy atom. The van der Waals surface area contributed by atoms with Crippen LogP contribution in [-0.4, -0.2) is 53.3 Å². The van der Waals surface area contributed by atoms with Crippen molar-refractivity contribution in [3.05, 3.63) is 0 Å². The molecule has 0 aromatic heterocycles. The van der Waals surface area contributed by atoms with Crippen LogP contribution in [0.15, 0.2) is 0 Å². The Kier molecular flexibility index (Phi) is 4.04. The molecule has 14 heavy (non-hydrogen) atoms. The van der Waals surface area contributed by atoms with Crippen molar-refractivity contribution >= 4 is 22.9 Å². The molecule has 1 saturated carbocycles.